The van der Waals surface area contributed by atoms with E-state index in [-0.39, 0.29) is 5.97 Å². The lowest BCUT2D eigenvalue weighted by molar-refractivity contribution is 0.0600. The van der Waals surface area contributed by atoms with Gasteiger partial charge in [-0.05, 0) is 26.0 Å². The summed E-state index contributed by atoms with van der Waals surface area (Å²) in [4.78, 5) is 20.4. The number of hydrogen-bond acceptors (Lipinski definition) is 4. The fraction of sp³-hybridized carbons (Fsp3) is 0.267. The Morgan fingerprint density at radius 2 is 2.10 bits per heavy atom. The van der Waals surface area contributed by atoms with Gasteiger partial charge in [0.15, 0.2) is 0 Å². The molecule has 0 amide bonds. The van der Waals surface area contributed by atoms with Gasteiger partial charge < -0.3 is 13.7 Å². The maximum atomic E-state index is 11.5. The molecule has 0 saturated heterocycles. The number of aryl methyl sites for hydroxylation is 1. The van der Waals surface area contributed by atoms with E-state index in [9.17, 15) is 4.79 Å². The average Bonchev–Trinajstić information content (AvgIpc) is 3.03. The van der Waals surface area contributed by atoms with Crippen LogP contribution in [0.4, 0.5) is 0 Å². The minimum absolute atomic E-state index is 0.353. The van der Waals surface area contributed by atoms with Crippen LogP contribution in [-0.2, 0) is 11.3 Å². The molecule has 0 atom stereocenters. The first-order chi connectivity index (χ1) is 10.1. The van der Waals surface area contributed by atoms with Crippen LogP contribution in [0.5, 0.6) is 0 Å². The third-order valence-corrected chi connectivity index (χ3v) is 3.60. The smallest absolute Gasteiger partial charge is 0.339 e. The number of fused-ring (bicyclic) bond motifs is 1. The van der Waals surface area contributed by atoms with Gasteiger partial charge in [-0.2, -0.15) is 0 Å². The van der Waals surface area contributed by atoms with Crippen LogP contribution < -0.4 is 0 Å². The van der Waals surface area contributed by atoms with Crippen molar-refractivity contribution in [2.45, 2.75) is 20.4 Å². The van der Waals surface area contributed by atoms with Gasteiger partial charge in [0.1, 0.15) is 5.65 Å². The Kier molecular flexibility index (Phi) is 3.21. The third kappa shape index (κ3) is 2.40. The van der Waals surface area contributed by atoms with Gasteiger partial charge >= 0.3 is 5.97 Å². The highest BCUT2D eigenvalue weighted by molar-refractivity contribution is 5.89. The number of nitrogens with zero attached hydrogens (tertiary/aromatic N) is 4. The molecule has 108 valence electrons. The van der Waals surface area contributed by atoms with Crippen molar-refractivity contribution in [3.63, 3.8) is 0 Å². The van der Waals surface area contributed by atoms with E-state index in [0.717, 1.165) is 22.7 Å². The zero-order chi connectivity index (χ0) is 15.0. The minimum atomic E-state index is -0.353. The van der Waals surface area contributed by atoms with Gasteiger partial charge in [0.25, 0.3) is 0 Å². The fourth-order valence-electron chi connectivity index (χ4n) is 2.24. The Morgan fingerprint density at radius 3 is 2.76 bits per heavy atom. The molecule has 21 heavy (non-hydrogen) atoms. The number of pyridine rings is 1. The van der Waals surface area contributed by atoms with Crippen LogP contribution in [-0.4, -0.2) is 32.0 Å². The van der Waals surface area contributed by atoms with Crippen LogP contribution in [0.25, 0.3) is 5.65 Å². The summed E-state index contributed by atoms with van der Waals surface area (Å²) in [6, 6.07) is 3.52. The summed E-state index contributed by atoms with van der Waals surface area (Å²) in [5.74, 6) is -0.353. The van der Waals surface area contributed by atoms with Gasteiger partial charge in [0.2, 0.25) is 0 Å². The molecule has 0 unspecified atom stereocenters. The first-order valence-electron chi connectivity index (χ1n) is 6.63. The Hall–Kier alpha value is -2.63. The molecule has 0 radical (unpaired) electrons. The molecule has 0 aliphatic rings. The molecule has 0 spiro atoms. The van der Waals surface area contributed by atoms with Crippen molar-refractivity contribution in [1.29, 1.82) is 0 Å². The van der Waals surface area contributed by atoms with Gasteiger partial charge in [0, 0.05) is 18.1 Å². The molecule has 6 nitrogen and oxygen atoms in total. The lowest BCUT2D eigenvalue weighted by Gasteiger charge is -2.01. The van der Waals surface area contributed by atoms with E-state index >= 15 is 0 Å². The second-order valence-corrected chi connectivity index (χ2v) is 4.95. The van der Waals surface area contributed by atoms with Crippen molar-refractivity contribution in [2.75, 3.05) is 7.11 Å². The zero-order valence-corrected chi connectivity index (χ0v) is 12.2. The standard InChI is InChI=1S/C15H16N4O2/c1-10-11(2)19(9-16-10)8-13-7-18-6-12(15(20)21-3)4-5-14(18)17-13/h4-7,9H,8H2,1-3H3. The molecule has 3 rings (SSSR count). The highest BCUT2D eigenvalue weighted by Crippen LogP contribution is 2.12. The average molecular weight is 284 g/mol. The summed E-state index contributed by atoms with van der Waals surface area (Å²) >= 11 is 0. The number of imidazole rings is 2. The van der Waals surface area contributed by atoms with E-state index < -0.39 is 0 Å². The molecule has 0 saturated carbocycles. The molecular formula is C15H16N4O2. The summed E-state index contributed by atoms with van der Waals surface area (Å²) in [6.07, 6.45) is 5.45. The number of carbonyl (C=O) groups is 1. The fourth-order valence-corrected chi connectivity index (χ4v) is 2.24. The van der Waals surface area contributed by atoms with Crippen LogP contribution in [0.3, 0.4) is 0 Å². The Balaban J connectivity index is 1.94. The number of esters is 1. The van der Waals surface area contributed by atoms with E-state index in [1.54, 1.807) is 12.3 Å². The summed E-state index contributed by atoms with van der Waals surface area (Å²) < 4.78 is 8.61. The summed E-state index contributed by atoms with van der Waals surface area (Å²) in [5.41, 5.74) is 4.36. The number of rotatable bonds is 3. The van der Waals surface area contributed by atoms with Crippen molar-refractivity contribution < 1.29 is 9.53 Å². The van der Waals surface area contributed by atoms with E-state index in [1.807, 2.05) is 36.8 Å². The van der Waals surface area contributed by atoms with Gasteiger partial charge in [-0.25, -0.2) is 14.8 Å². The predicted octanol–water partition coefficient (Wildman–Crippen LogP) is 1.98. The van der Waals surface area contributed by atoms with Crippen molar-refractivity contribution in [1.82, 2.24) is 18.9 Å². The van der Waals surface area contributed by atoms with E-state index in [2.05, 4.69) is 14.5 Å². The number of methoxy groups -OCH3 is 1. The predicted molar refractivity (Wildman–Crippen MR) is 77.3 cm³/mol. The first kappa shape index (κ1) is 13.4. The van der Waals surface area contributed by atoms with Crippen LogP contribution in [0, 0.1) is 13.8 Å². The molecule has 3 heterocycles. The molecule has 0 aliphatic carbocycles. The van der Waals surface area contributed by atoms with Crippen LogP contribution in [0.2, 0.25) is 0 Å². The molecule has 0 fully saturated rings. The van der Waals surface area contributed by atoms with Crippen molar-refractivity contribution in [2.24, 2.45) is 0 Å². The summed E-state index contributed by atoms with van der Waals surface area (Å²) in [6.45, 7) is 4.67. The van der Waals surface area contributed by atoms with Crippen LogP contribution in [0.1, 0.15) is 27.4 Å². The third-order valence-electron chi connectivity index (χ3n) is 3.60. The van der Waals surface area contributed by atoms with E-state index in [0.29, 0.717) is 12.1 Å². The van der Waals surface area contributed by atoms with Gasteiger partial charge in [0.05, 0.1) is 36.9 Å². The number of aromatic nitrogens is 4. The quantitative estimate of drug-likeness (QED) is 0.690. The lowest BCUT2D eigenvalue weighted by Crippen LogP contribution is -2.02. The number of ether oxygens (including phenoxy) is 1. The molecule has 6 heteroatoms. The monoisotopic (exact) mass is 284 g/mol. The number of carbonyl (C=O) groups excluding carboxylic acids is 1. The molecule has 0 aromatic carbocycles. The SMILES string of the molecule is COC(=O)c1ccc2nc(Cn3cnc(C)c3C)cn2c1. The largest absolute Gasteiger partial charge is 0.465 e. The zero-order valence-electron chi connectivity index (χ0n) is 12.2. The van der Waals surface area contributed by atoms with Crippen molar-refractivity contribution in [3.05, 3.63) is 53.5 Å². The topological polar surface area (TPSA) is 61.4 Å². The van der Waals surface area contributed by atoms with Gasteiger partial charge in [-0.3, -0.25) is 0 Å². The Labute approximate surface area is 122 Å². The normalized spacial score (nSPS) is 11.0. The maximum absolute atomic E-state index is 11.5. The Bertz CT molecular complexity index is 816. The minimum Gasteiger partial charge on any atom is -0.465 e. The summed E-state index contributed by atoms with van der Waals surface area (Å²) in [5, 5.41) is 0. The second-order valence-electron chi connectivity index (χ2n) is 4.95. The van der Waals surface area contributed by atoms with E-state index in [4.69, 9.17) is 4.74 Å². The molecule has 3 aromatic heterocycles. The van der Waals surface area contributed by atoms with Crippen LogP contribution >= 0.6 is 0 Å². The number of hydrogen-bond donors (Lipinski definition) is 0. The van der Waals surface area contributed by atoms with Crippen molar-refractivity contribution >= 4 is 11.6 Å². The second kappa shape index (κ2) is 5.05. The molecule has 0 bridgehead atoms. The lowest BCUT2D eigenvalue weighted by atomic mass is 10.3. The van der Waals surface area contributed by atoms with E-state index in [1.165, 1.54) is 7.11 Å². The summed E-state index contributed by atoms with van der Waals surface area (Å²) in [7, 11) is 1.37. The molecular weight excluding hydrogens is 268 g/mol. The molecule has 0 N–H and O–H groups in total. The highest BCUT2D eigenvalue weighted by atomic mass is 16.5. The van der Waals surface area contributed by atoms with Gasteiger partial charge in [-0.15, -0.1) is 0 Å². The van der Waals surface area contributed by atoms with Gasteiger partial charge in [-0.1, -0.05) is 0 Å². The Morgan fingerprint density at radius 1 is 1.29 bits per heavy atom. The maximum Gasteiger partial charge on any atom is 0.339 e. The van der Waals surface area contributed by atoms with Crippen molar-refractivity contribution in [3.8, 4) is 0 Å². The molecule has 3 aromatic rings. The first-order valence-corrected chi connectivity index (χ1v) is 6.63. The van der Waals surface area contributed by atoms with Crippen LogP contribution in [0.15, 0.2) is 30.9 Å². The molecule has 0 aliphatic heterocycles. The highest BCUT2D eigenvalue weighted by Gasteiger charge is 2.09.